The normalized spacial score (nSPS) is 18.5. The first kappa shape index (κ1) is 19.8. The summed E-state index contributed by atoms with van der Waals surface area (Å²) in [7, 11) is 0. The number of benzene rings is 2. The second-order valence-corrected chi connectivity index (χ2v) is 8.62. The van der Waals surface area contributed by atoms with Gasteiger partial charge in [-0.2, -0.15) is 0 Å². The molecule has 1 atom stereocenters. The SMILES string of the molecule is CC(C)CCN1CCN(c2ccc(Cl)cc2Cl)C(c2ccc(Cl)cc2)C1. The van der Waals surface area contributed by atoms with Gasteiger partial charge >= 0.3 is 0 Å². The third-order valence-corrected chi connectivity index (χ3v) is 5.75. The van der Waals surface area contributed by atoms with Gasteiger partial charge in [0.2, 0.25) is 0 Å². The minimum Gasteiger partial charge on any atom is -0.361 e. The summed E-state index contributed by atoms with van der Waals surface area (Å²) in [4.78, 5) is 4.95. The highest BCUT2D eigenvalue weighted by atomic mass is 35.5. The van der Waals surface area contributed by atoms with Gasteiger partial charge in [0.25, 0.3) is 0 Å². The van der Waals surface area contributed by atoms with E-state index < -0.39 is 0 Å². The maximum Gasteiger partial charge on any atom is 0.0670 e. The van der Waals surface area contributed by atoms with Crippen LogP contribution >= 0.6 is 34.8 Å². The van der Waals surface area contributed by atoms with Crippen LogP contribution in [-0.4, -0.2) is 31.1 Å². The highest BCUT2D eigenvalue weighted by molar-refractivity contribution is 6.36. The maximum absolute atomic E-state index is 6.52. The van der Waals surface area contributed by atoms with E-state index in [4.69, 9.17) is 34.8 Å². The van der Waals surface area contributed by atoms with Gasteiger partial charge in [-0.15, -0.1) is 0 Å². The van der Waals surface area contributed by atoms with Crippen LogP contribution in [0.15, 0.2) is 42.5 Å². The lowest BCUT2D eigenvalue weighted by Crippen LogP contribution is -2.49. The average molecular weight is 412 g/mol. The molecular weight excluding hydrogens is 387 g/mol. The minimum atomic E-state index is 0.242. The number of hydrogen-bond donors (Lipinski definition) is 0. The number of hydrogen-bond acceptors (Lipinski definition) is 2. The third-order valence-electron chi connectivity index (χ3n) is 4.96. The molecule has 0 bridgehead atoms. The predicted octanol–water partition coefficient (Wildman–Crippen LogP) is 6.56. The summed E-state index contributed by atoms with van der Waals surface area (Å²) in [5.41, 5.74) is 2.30. The first-order valence-electron chi connectivity index (χ1n) is 9.13. The Morgan fingerprint density at radius 2 is 1.65 bits per heavy atom. The van der Waals surface area contributed by atoms with Gasteiger partial charge in [-0.05, 0) is 54.8 Å². The van der Waals surface area contributed by atoms with E-state index in [2.05, 4.69) is 35.8 Å². The second-order valence-electron chi connectivity index (χ2n) is 7.34. The van der Waals surface area contributed by atoms with Crippen LogP contribution in [0.5, 0.6) is 0 Å². The summed E-state index contributed by atoms with van der Waals surface area (Å²) in [5, 5.41) is 2.13. The Morgan fingerprint density at radius 3 is 2.31 bits per heavy atom. The highest BCUT2D eigenvalue weighted by Gasteiger charge is 2.29. The van der Waals surface area contributed by atoms with Crippen LogP contribution in [0.2, 0.25) is 15.1 Å². The van der Waals surface area contributed by atoms with Crippen molar-refractivity contribution in [1.29, 1.82) is 0 Å². The maximum atomic E-state index is 6.52. The molecule has 1 heterocycles. The predicted molar refractivity (Wildman–Crippen MR) is 114 cm³/mol. The molecule has 0 saturated carbocycles. The quantitative estimate of drug-likeness (QED) is 0.550. The Balaban J connectivity index is 1.88. The fourth-order valence-electron chi connectivity index (χ4n) is 3.46. The van der Waals surface area contributed by atoms with E-state index >= 15 is 0 Å². The molecule has 2 aromatic rings. The molecule has 0 aromatic heterocycles. The molecule has 2 aromatic carbocycles. The zero-order valence-electron chi connectivity index (χ0n) is 15.3. The lowest BCUT2D eigenvalue weighted by Gasteiger charge is -2.43. The summed E-state index contributed by atoms with van der Waals surface area (Å²) in [6, 6.07) is 14.2. The minimum absolute atomic E-state index is 0.242. The zero-order chi connectivity index (χ0) is 18.7. The van der Waals surface area contributed by atoms with Crippen LogP contribution in [0.1, 0.15) is 31.9 Å². The fourth-order valence-corrected chi connectivity index (χ4v) is 4.10. The largest absolute Gasteiger partial charge is 0.361 e. The molecule has 5 heteroatoms. The molecule has 0 aliphatic carbocycles. The molecule has 1 aliphatic heterocycles. The van der Waals surface area contributed by atoms with Gasteiger partial charge < -0.3 is 4.90 Å². The van der Waals surface area contributed by atoms with E-state index in [1.807, 2.05) is 30.3 Å². The highest BCUT2D eigenvalue weighted by Crippen LogP contribution is 2.36. The summed E-state index contributed by atoms with van der Waals surface area (Å²) in [5.74, 6) is 0.715. The van der Waals surface area contributed by atoms with Gasteiger partial charge in [-0.25, -0.2) is 0 Å². The zero-order valence-corrected chi connectivity index (χ0v) is 17.5. The Hall–Kier alpha value is -0.930. The molecule has 140 valence electrons. The van der Waals surface area contributed by atoms with Gasteiger partial charge in [0, 0.05) is 29.7 Å². The van der Waals surface area contributed by atoms with E-state index in [9.17, 15) is 0 Å². The molecule has 3 rings (SSSR count). The van der Waals surface area contributed by atoms with Crippen molar-refractivity contribution in [2.75, 3.05) is 31.1 Å². The van der Waals surface area contributed by atoms with Crippen LogP contribution in [0, 0.1) is 5.92 Å². The van der Waals surface area contributed by atoms with Gasteiger partial charge in [0.1, 0.15) is 0 Å². The van der Waals surface area contributed by atoms with Crippen LogP contribution in [-0.2, 0) is 0 Å². The second kappa shape index (κ2) is 8.84. The summed E-state index contributed by atoms with van der Waals surface area (Å²) in [6.07, 6.45) is 1.22. The molecule has 0 spiro atoms. The Morgan fingerprint density at radius 1 is 0.962 bits per heavy atom. The number of halogens is 3. The van der Waals surface area contributed by atoms with E-state index in [1.54, 1.807) is 0 Å². The molecule has 1 unspecified atom stereocenters. The standard InChI is InChI=1S/C21H25Cl3N2/c1-15(2)9-10-25-11-12-26(20-8-7-18(23)13-19(20)24)21(14-25)16-3-5-17(22)6-4-16/h3-8,13,15,21H,9-12,14H2,1-2H3. The van der Waals surface area contributed by atoms with Crippen molar-refractivity contribution in [2.24, 2.45) is 5.92 Å². The Kier molecular flexibility index (Phi) is 6.74. The van der Waals surface area contributed by atoms with Crippen molar-refractivity contribution in [3.05, 3.63) is 63.1 Å². The van der Waals surface area contributed by atoms with Gasteiger partial charge in [0.15, 0.2) is 0 Å². The first-order chi connectivity index (χ1) is 12.4. The van der Waals surface area contributed by atoms with Crippen molar-refractivity contribution < 1.29 is 0 Å². The molecular formula is C21H25Cl3N2. The molecule has 26 heavy (non-hydrogen) atoms. The molecule has 1 aliphatic rings. The molecule has 2 nitrogen and oxygen atoms in total. The van der Waals surface area contributed by atoms with Crippen LogP contribution in [0.3, 0.4) is 0 Å². The first-order valence-corrected chi connectivity index (χ1v) is 10.3. The van der Waals surface area contributed by atoms with E-state index in [1.165, 1.54) is 12.0 Å². The van der Waals surface area contributed by atoms with Crippen molar-refractivity contribution in [3.63, 3.8) is 0 Å². The molecule has 1 saturated heterocycles. The van der Waals surface area contributed by atoms with Gasteiger partial charge in [-0.3, -0.25) is 4.90 Å². The topological polar surface area (TPSA) is 6.48 Å². The monoisotopic (exact) mass is 410 g/mol. The molecule has 0 radical (unpaired) electrons. The van der Waals surface area contributed by atoms with Gasteiger partial charge in [-0.1, -0.05) is 60.8 Å². The lowest BCUT2D eigenvalue weighted by atomic mass is 10.0. The van der Waals surface area contributed by atoms with E-state index in [-0.39, 0.29) is 6.04 Å². The smallest absolute Gasteiger partial charge is 0.0670 e. The third kappa shape index (κ3) is 4.86. The molecule has 0 amide bonds. The number of nitrogens with zero attached hydrogens (tertiary/aromatic N) is 2. The summed E-state index contributed by atoms with van der Waals surface area (Å²) < 4.78 is 0. The molecule has 0 N–H and O–H groups in total. The Bertz CT molecular complexity index is 731. The van der Waals surface area contributed by atoms with Crippen molar-refractivity contribution in [3.8, 4) is 0 Å². The van der Waals surface area contributed by atoms with Crippen LogP contribution < -0.4 is 4.90 Å². The van der Waals surface area contributed by atoms with Gasteiger partial charge in [0.05, 0.1) is 16.8 Å². The number of anilines is 1. The average Bonchev–Trinajstić information content (AvgIpc) is 2.61. The van der Waals surface area contributed by atoms with Crippen LogP contribution in [0.25, 0.3) is 0 Å². The Labute approximate surface area is 171 Å². The number of rotatable bonds is 5. The summed E-state index contributed by atoms with van der Waals surface area (Å²) >= 11 is 18.7. The van der Waals surface area contributed by atoms with Crippen molar-refractivity contribution >= 4 is 40.5 Å². The van der Waals surface area contributed by atoms with Crippen molar-refractivity contribution in [1.82, 2.24) is 4.90 Å². The molecule has 1 fully saturated rings. The van der Waals surface area contributed by atoms with Crippen molar-refractivity contribution in [2.45, 2.75) is 26.3 Å². The number of piperazine rings is 1. The van der Waals surface area contributed by atoms with Crippen LogP contribution in [0.4, 0.5) is 5.69 Å². The van der Waals surface area contributed by atoms with E-state index in [0.29, 0.717) is 16.0 Å². The van der Waals surface area contributed by atoms with E-state index in [0.717, 1.165) is 36.9 Å². The fraction of sp³-hybridized carbons (Fsp3) is 0.429. The summed E-state index contributed by atoms with van der Waals surface area (Å²) in [6.45, 7) is 8.64. The lowest BCUT2D eigenvalue weighted by molar-refractivity contribution is 0.212.